The van der Waals surface area contributed by atoms with Gasteiger partial charge in [-0.3, -0.25) is 0 Å². The van der Waals surface area contributed by atoms with E-state index in [4.69, 9.17) is 4.74 Å². The van der Waals surface area contributed by atoms with Gasteiger partial charge in [0.1, 0.15) is 5.75 Å². The highest BCUT2D eigenvalue weighted by atomic mass is 16.5. The Balaban J connectivity index is 1.81. The highest BCUT2D eigenvalue weighted by Crippen LogP contribution is 2.40. The molecular formula is C25H36N2O2. The molecule has 0 saturated carbocycles. The Hall–Kier alpha value is -1.88. The van der Waals surface area contributed by atoms with Crippen molar-refractivity contribution in [2.45, 2.75) is 31.3 Å². The summed E-state index contributed by atoms with van der Waals surface area (Å²) >= 11 is 0. The Kier molecular flexibility index (Phi) is 6.67. The van der Waals surface area contributed by atoms with Gasteiger partial charge >= 0.3 is 0 Å². The zero-order valence-corrected chi connectivity index (χ0v) is 18.6. The molecule has 2 aromatic carbocycles. The van der Waals surface area contributed by atoms with Crippen LogP contribution in [0, 0.1) is 5.92 Å². The Bertz CT molecular complexity index is 790. The fraction of sp³-hybridized carbons (Fsp3) is 0.520. The minimum atomic E-state index is -0.841. The van der Waals surface area contributed by atoms with Crippen LogP contribution in [0.15, 0.2) is 54.6 Å². The summed E-state index contributed by atoms with van der Waals surface area (Å²) in [5.74, 6) is 0.928. The smallest absolute Gasteiger partial charge is 0.119 e. The van der Waals surface area contributed by atoms with E-state index in [1.165, 1.54) is 5.56 Å². The van der Waals surface area contributed by atoms with Crippen molar-refractivity contribution in [2.24, 2.45) is 5.92 Å². The number of benzene rings is 2. The van der Waals surface area contributed by atoms with Crippen molar-refractivity contribution in [1.82, 2.24) is 9.80 Å². The van der Waals surface area contributed by atoms with Gasteiger partial charge < -0.3 is 19.6 Å². The van der Waals surface area contributed by atoms with Crippen molar-refractivity contribution < 1.29 is 9.84 Å². The summed E-state index contributed by atoms with van der Waals surface area (Å²) in [7, 11) is 5.84. The van der Waals surface area contributed by atoms with E-state index in [-0.39, 0.29) is 11.3 Å². The van der Waals surface area contributed by atoms with E-state index in [0.29, 0.717) is 0 Å². The van der Waals surface area contributed by atoms with Crippen molar-refractivity contribution in [3.8, 4) is 5.75 Å². The van der Waals surface area contributed by atoms with Gasteiger partial charge in [-0.05, 0) is 43.8 Å². The maximum absolute atomic E-state index is 11.8. The van der Waals surface area contributed by atoms with Crippen LogP contribution in [-0.2, 0) is 11.0 Å². The molecule has 0 aromatic heterocycles. The standard InChI is InChI=1S/C25H36N2O2/c1-24(2,20-10-7-6-8-11-20)19-27-15-14-25(28,22(18-27)17-26(3)4)21-12-9-13-23(16-21)29-5/h6-13,16,22,28H,14-15,17-19H2,1-5H3. The lowest BCUT2D eigenvalue weighted by Crippen LogP contribution is -2.55. The number of ether oxygens (including phenoxy) is 1. The Labute approximate surface area is 176 Å². The van der Waals surface area contributed by atoms with Crippen LogP contribution < -0.4 is 4.74 Å². The summed E-state index contributed by atoms with van der Waals surface area (Å²) in [5.41, 5.74) is 1.55. The number of piperidine rings is 1. The number of hydrogen-bond donors (Lipinski definition) is 1. The minimum absolute atomic E-state index is 0.0648. The van der Waals surface area contributed by atoms with E-state index >= 15 is 0 Å². The van der Waals surface area contributed by atoms with E-state index in [2.05, 4.69) is 68.1 Å². The van der Waals surface area contributed by atoms with Crippen LogP contribution in [0.2, 0.25) is 0 Å². The van der Waals surface area contributed by atoms with Crippen LogP contribution in [-0.4, -0.2) is 62.3 Å². The van der Waals surface area contributed by atoms with Crippen LogP contribution in [0.1, 0.15) is 31.4 Å². The third-order valence-electron chi connectivity index (χ3n) is 6.29. The molecule has 1 heterocycles. The predicted molar refractivity (Wildman–Crippen MR) is 119 cm³/mol. The van der Waals surface area contributed by atoms with Crippen molar-refractivity contribution in [3.63, 3.8) is 0 Å². The molecule has 1 fully saturated rings. The fourth-order valence-electron chi connectivity index (χ4n) is 4.69. The summed E-state index contributed by atoms with van der Waals surface area (Å²) in [6, 6.07) is 18.7. The predicted octanol–water partition coefficient (Wildman–Crippen LogP) is 3.74. The normalized spacial score (nSPS) is 23.3. The van der Waals surface area contributed by atoms with Crippen LogP contribution >= 0.6 is 0 Å². The molecule has 1 aliphatic rings. The summed E-state index contributed by atoms with van der Waals surface area (Å²) < 4.78 is 5.41. The SMILES string of the molecule is COc1cccc(C2(O)CCN(CC(C)(C)c3ccccc3)CC2CN(C)C)c1. The molecule has 0 radical (unpaired) electrons. The van der Waals surface area contributed by atoms with Crippen LogP contribution in [0.5, 0.6) is 5.75 Å². The lowest BCUT2D eigenvalue weighted by molar-refractivity contribution is -0.0872. The maximum atomic E-state index is 11.8. The van der Waals surface area contributed by atoms with E-state index < -0.39 is 5.60 Å². The van der Waals surface area contributed by atoms with Crippen molar-refractivity contribution in [2.75, 3.05) is 47.4 Å². The molecule has 1 saturated heterocycles. The zero-order chi connectivity index (χ0) is 21.1. The molecule has 2 aromatic rings. The average Bonchev–Trinajstić information content (AvgIpc) is 2.71. The fourth-order valence-corrected chi connectivity index (χ4v) is 4.69. The second-order valence-corrected chi connectivity index (χ2v) is 9.35. The number of aliphatic hydroxyl groups is 1. The largest absolute Gasteiger partial charge is 0.497 e. The van der Waals surface area contributed by atoms with Gasteiger partial charge in [-0.15, -0.1) is 0 Å². The summed E-state index contributed by atoms with van der Waals surface area (Å²) in [5, 5.41) is 11.8. The second-order valence-electron chi connectivity index (χ2n) is 9.35. The van der Waals surface area contributed by atoms with Gasteiger partial charge in [0.25, 0.3) is 0 Å². The summed E-state index contributed by atoms with van der Waals surface area (Å²) in [4.78, 5) is 4.71. The van der Waals surface area contributed by atoms with E-state index in [1.54, 1.807) is 7.11 Å². The quantitative estimate of drug-likeness (QED) is 0.773. The first-order valence-electron chi connectivity index (χ1n) is 10.5. The molecule has 2 atom stereocenters. The molecule has 4 heteroatoms. The molecule has 0 aliphatic carbocycles. The first-order chi connectivity index (χ1) is 13.7. The summed E-state index contributed by atoms with van der Waals surface area (Å²) in [6.07, 6.45) is 0.726. The molecule has 0 spiro atoms. The molecule has 29 heavy (non-hydrogen) atoms. The Morgan fingerprint density at radius 2 is 1.86 bits per heavy atom. The number of nitrogens with zero attached hydrogens (tertiary/aromatic N) is 2. The lowest BCUT2D eigenvalue weighted by Gasteiger charge is -2.47. The van der Waals surface area contributed by atoms with Crippen molar-refractivity contribution in [3.05, 3.63) is 65.7 Å². The van der Waals surface area contributed by atoms with Gasteiger partial charge in [0.2, 0.25) is 0 Å². The number of methoxy groups -OCH3 is 1. The molecule has 0 amide bonds. The lowest BCUT2D eigenvalue weighted by atomic mass is 9.74. The van der Waals surface area contributed by atoms with E-state index in [0.717, 1.165) is 43.9 Å². The van der Waals surface area contributed by atoms with E-state index in [9.17, 15) is 5.11 Å². The highest BCUT2D eigenvalue weighted by Gasteiger charge is 2.44. The van der Waals surface area contributed by atoms with Gasteiger partial charge in [-0.1, -0.05) is 56.3 Å². The number of rotatable bonds is 7. The third-order valence-corrected chi connectivity index (χ3v) is 6.29. The first-order valence-corrected chi connectivity index (χ1v) is 10.5. The van der Waals surface area contributed by atoms with Crippen molar-refractivity contribution >= 4 is 0 Å². The monoisotopic (exact) mass is 396 g/mol. The maximum Gasteiger partial charge on any atom is 0.119 e. The summed E-state index contributed by atoms with van der Waals surface area (Å²) in [6.45, 7) is 8.21. The Morgan fingerprint density at radius 3 is 2.52 bits per heavy atom. The third kappa shape index (κ3) is 5.00. The van der Waals surface area contributed by atoms with Crippen LogP contribution in [0.25, 0.3) is 0 Å². The van der Waals surface area contributed by atoms with Gasteiger partial charge in [-0.25, -0.2) is 0 Å². The molecule has 3 rings (SSSR count). The van der Waals surface area contributed by atoms with Gasteiger partial charge in [0, 0.05) is 37.5 Å². The number of hydrogen-bond acceptors (Lipinski definition) is 4. The van der Waals surface area contributed by atoms with Gasteiger partial charge in [0.15, 0.2) is 0 Å². The molecule has 1 N–H and O–H groups in total. The molecule has 0 bridgehead atoms. The van der Waals surface area contributed by atoms with Gasteiger partial charge in [0.05, 0.1) is 12.7 Å². The van der Waals surface area contributed by atoms with Crippen LogP contribution in [0.4, 0.5) is 0 Å². The zero-order valence-electron chi connectivity index (χ0n) is 18.6. The first kappa shape index (κ1) is 21.8. The van der Waals surface area contributed by atoms with Crippen LogP contribution in [0.3, 0.4) is 0 Å². The highest BCUT2D eigenvalue weighted by molar-refractivity contribution is 5.33. The molecule has 1 aliphatic heterocycles. The molecule has 158 valence electrons. The Morgan fingerprint density at radius 1 is 1.14 bits per heavy atom. The van der Waals surface area contributed by atoms with Crippen molar-refractivity contribution in [1.29, 1.82) is 0 Å². The van der Waals surface area contributed by atoms with E-state index in [1.807, 2.05) is 24.3 Å². The minimum Gasteiger partial charge on any atom is -0.497 e. The number of likely N-dealkylation sites (tertiary alicyclic amines) is 1. The van der Waals surface area contributed by atoms with Gasteiger partial charge in [-0.2, -0.15) is 0 Å². The topological polar surface area (TPSA) is 35.9 Å². The molecule has 2 unspecified atom stereocenters. The second kappa shape index (κ2) is 8.86. The molecular weight excluding hydrogens is 360 g/mol. The average molecular weight is 397 g/mol. The molecule has 4 nitrogen and oxygen atoms in total.